The van der Waals surface area contributed by atoms with Gasteiger partial charge < -0.3 is 9.72 Å². The first-order chi connectivity index (χ1) is 8.38. The number of hydrogen-bond acceptors (Lipinski definition) is 2. The van der Waals surface area contributed by atoms with Gasteiger partial charge in [0.1, 0.15) is 5.75 Å². The van der Waals surface area contributed by atoms with Crippen molar-refractivity contribution >= 4 is 0 Å². The number of hydrogen-bond donors (Lipinski definition) is 1. The third kappa shape index (κ3) is 1.82. The SMILES string of the molecule is COc1ccc2c(c1)[C@@H](c1cnc[nH]1)CCC2. The molecule has 3 heteroatoms. The molecular formula is C14H16N2O. The molecule has 3 nitrogen and oxygen atoms in total. The van der Waals surface area contributed by atoms with Crippen molar-refractivity contribution in [2.24, 2.45) is 0 Å². The minimum Gasteiger partial charge on any atom is -0.497 e. The van der Waals surface area contributed by atoms with Gasteiger partial charge in [0.15, 0.2) is 0 Å². The molecule has 1 aromatic carbocycles. The maximum Gasteiger partial charge on any atom is 0.119 e. The number of benzene rings is 1. The maximum atomic E-state index is 5.32. The molecule has 1 N–H and O–H groups in total. The summed E-state index contributed by atoms with van der Waals surface area (Å²) < 4.78 is 5.32. The first-order valence-corrected chi connectivity index (χ1v) is 6.03. The summed E-state index contributed by atoms with van der Waals surface area (Å²) in [5.74, 6) is 1.38. The molecular weight excluding hydrogens is 212 g/mol. The first kappa shape index (κ1) is 10.4. The normalized spacial score (nSPS) is 18.8. The Hall–Kier alpha value is -1.77. The van der Waals surface area contributed by atoms with Crippen molar-refractivity contribution in [2.75, 3.05) is 7.11 Å². The van der Waals surface area contributed by atoms with Gasteiger partial charge in [0.2, 0.25) is 0 Å². The van der Waals surface area contributed by atoms with E-state index < -0.39 is 0 Å². The van der Waals surface area contributed by atoms with Gasteiger partial charge >= 0.3 is 0 Å². The van der Waals surface area contributed by atoms with Gasteiger partial charge in [-0.1, -0.05) is 6.07 Å². The standard InChI is InChI=1S/C14H16N2O/c1-17-11-6-5-10-3-2-4-12(13(10)7-11)14-8-15-9-16-14/h5-9,12H,2-4H2,1H3,(H,15,16)/t12-/m0/s1. The molecule has 0 fully saturated rings. The summed E-state index contributed by atoms with van der Waals surface area (Å²) in [6, 6.07) is 6.41. The van der Waals surface area contributed by atoms with Crippen LogP contribution in [0.4, 0.5) is 0 Å². The van der Waals surface area contributed by atoms with Crippen molar-refractivity contribution in [3.05, 3.63) is 47.5 Å². The summed E-state index contributed by atoms with van der Waals surface area (Å²) in [5, 5.41) is 0. The van der Waals surface area contributed by atoms with E-state index in [1.165, 1.54) is 36.1 Å². The van der Waals surface area contributed by atoms with Crippen LogP contribution in [0.5, 0.6) is 5.75 Å². The molecule has 2 aromatic rings. The van der Waals surface area contributed by atoms with Crippen molar-refractivity contribution in [3.8, 4) is 5.75 Å². The van der Waals surface area contributed by atoms with Crippen molar-refractivity contribution < 1.29 is 4.74 Å². The fraction of sp³-hybridized carbons (Fsp3) is 0.357. The van der Waals surface area contributed by atoms with Gasteiger partial charge in [-0.2, -0.15) is 0 Å². The lowest BCUT2D eigenvalue weighted by molar-refractivity contribution is 0.413. The van der Waals surface area contributed by atoms with Crippen molar-refractivity contribution in [2.45, 2.75) is 25.2 Å². The summed E-state index contributed by atoms with van der Waals surface area (Å²) in [6.45, 7) is 0. The zero-order valence-electron chi connectivity index (χ0n) is 9.94. The molecule has 0 spiro atoms. The van der Waals surface area contributed by atoms with Gasteiger partial charge in [-0.15, -0.1) is 0 Å². The number of nitrogens with one attached hydrogen (secondary N) is 1. The topological polar surface area (TPSA) is 37.9 Å². The third-order valence-electron chi connectivity index (χ3n) is 3.56. The van der Waals surface area contributed by atoms with Crippen LogP contribution in [-0.2, 0) is 6.42 Å². The summed E-state index contributed by atoms with van der Waals surface area (Å²) >= 11 is 0. The molecule has 1 atom stereocenters. The molecule has 3 rings (SSSR count). The molecule has 0 bridgehead atoms. The predicted molar refractivity (Wildman–Crippen MR) is 66.4 cm³/mol. The van der Waals surface area contributed by atoms with Crippen LogP contribution >= 0.6 is 0 Å². The Labute approximate surface area is 101 Å². The number of imidazole rings is 1. The zero-order chi connectivity index (χ0) is 11.7. The molecule has 1 aliphatic carbocycles. The van der Waals surface area contributed by atoms with Crippen LogP contribution < -0.4 is 4.74 Å². The smallest absolute Gasteiger partial charge is 0.119 e. The maximum absolute atomic E-state index is 5.32. The molecule has 0 unspecified atom stereocenters. The van der Waals surface area contributed by atoms with E-state index in [1.807, 2.05) is 12.3 Å². The predicted octanol–water partition coefficient (Wildman–Crippen LogP) is 2.89. The highest BCUT2D eigenvalue weighted by Gasteiger charge is 2.23. The second-order valence-corrected chi connectivity index (χ2v) is 4.52. The minimum absolute atomic E-state index is 0.441. The lowest BCUT2D eigenvalue weighted by Crippen LogP contribution is -2.11. The molecule has 0 radical (unpaired) electrons. The Kier molecular flexibility index (Phi) is 2.59. The van der Waals surface area contributed by atoms with Crippen LogP contribution in [0.1, 0.15) is 35.6 Å². The van der Waals surface area contributed by atoms with E-state index in [0.29, 0.717) is 5.92 Å². The van der Waals surface area contributed by atoms with E-state index in [-0.39, 0.29) is 0 Å². The Bertz CT molecular complexity index is 505. The van der Waals surface area contributed by atoms with Gasteiger partial charge in [0.05, 0.1) is 13.4 Å². The molecule has 1 heterocycles. The Morgan fingerprint density at radius 1 is 1.41 bits per heavy atom. The number of aromatic amines is 1. The highest BCUT2D eigenvalue weighted by atomic mass is 16.5. The first-order valence-electron chi connectivity index (χ1n) is 6.03. The second-order valence-electron chi connectivity index (χ2n) is 4.52. The van der Waals surface area contributed by atoms with Crippen molar-refractivity contribution in [1.82, 2.24) is 9.97 Å². The number of ether oxygens (including phenoxy) is 1. The fourth-order valence-electron chi connectivity index (χ4n) is 2.68. The molecule has 0 saturated carbocycles. The van der Waals surface area contributed by atoms with Crippen LogP contribution in [-0.4, -0.2) is 17.1 Å². The molecule has 0 saturated heterocycles. The minimum atomic E-state index is 0.441. The van der Waals surface area contributed by atoms with Gasteiger partial charge in [0, 0.05) is 17.8 Å². The molecule has 88 valence electrons. The van der Waals surface area contributed by atoms with Gasteiger partial charge in [-0.05, 0) is 42.5 Å². The highest BCUT2D eigenvalue weighted by Crippen LogP contribution is 2.37. The van der Waals surface area contributed by atoms with E-state index in [0.717, 1.165) is 5.75 Å². The quantitative estimate of drug-likeness (QED) is 0.858. The summed E-state index contributed by atoms with van der Waals surface area (Å²) in [7, 11) is 1.72. The number of H-pyrrole nitrogens is 1. The third-order valence-corrected chi connectivity index (χ3v) is 3.56. The van der Waals surface area contributed by atoms with E-state index in [4.69, 9.17) is 4.74 Å². The number of methoxy groups -OCH3 is 1. The van der Waals surface area contributed by atoms with E-state index in [1.54, 1.807) is 13.4 Å². The van der Waals surface area contributed by atoms with Gasteiger partial charge in [-0.3, -0.25) is 0 Å². The molecule has 1 aromatic heterocycles. The van der Waals surface area contributed by atoms with Crippen molar-refractivity contribution in [3.63, 3.8) is 0 Å². The van der Waals surface area contributed by atoms with Crippen LogP contribution in [0.2, 0.25) is 0 Å². The Morgan fingerprint density at radius 2 is 2.35 bits per heavy atom. The molecule has 17 heavy (non-hydrogen) atoms. The average Bonchev–Trinajstić information content (AvgIpc) is 2.91. The lowest BCUT2D eigenvalue weighted by Gasteiger charge is -2.25. The van der Waals surface area contributed by atoms with E-state index in [9.17, 15) is 0 Å². The molecule has 0 aliphatic heterocycles. The average molecular weight is 228 g/mol. The number of aromatic nitrogens is 2. The van der Waals surface area contributed by atoms with Crippen LogP contribution in [0.3, 0.4) is 0 Å². The van der Waals surface area contributed by atoms with E-state index in [2.05, 4.69) is 22.1 Å². The van der Waals surface area contributed by atoms with Crippen LogP contribution in [0.25, 0.3) is 0 Å². The number of aryl methyl sites for hydroxylation is 1. The van der Waals surface area contributed by atoms with Crippen LogP contribution in [0.15, 0.2) is 30.7 Å². The van der Waals surface area contributed by atoms with Crippen molar-refractivity contribution in [1.29, 1.82) is 0 Å². The summed E-state index contributed by atoms with van der Waals surface area (Å²) in [5.41, 5.74) is 4.04. The Morgan fingerprint density at radius 3 is 3.12 bits per heavy atom. The fourth-order valence-corrected chi connectivity index (χ4v) is 2.68. The zero-order valence-corrected chi connectivity index (χ0v) is 9.94. The Balaban J connectivity index is 2.06. The second kappa shape index (κ2) is 4.24. The van der Waals surface area contributed by atoms with Gasteiger partial charge in [0.25, 0.3) is 0 Å². The largest absolute Gasteiger partial charge is 0.497 e. The number of rotatable bonds is 2. The lowest BCUT2D eigenvalue weighted by atomic mass is 9.81. The number of nitrogens with zero attached hydrogens (tertiary/aromatic N) is 1. The monoisotopic (exact) mass is 228 g/mol. The van der Waals surface area contributed by atoms with E-state index >= 15 is 0 Å². The number of fused-ring (bicyclic) bond motifs is 1. The molecule has 0 amide bonds. The summed E-state index contributed by atoms with van der Waals surface area (Å²) in [4.78, 5) is 7.36. The summed E-state index contributed by atoms with van der Waals surface area (Å²) in [6.07, 6.45) is 7.28. The van der Waals surface area contributed by atoms with Gasteiger partial charge in [-0.25, -0.2) is 4.98 Å². The molecule has 1 aliphatic rings. The highest BCUT2D eigenvalue weighted by molar-refractivity contribution is 5.42. The van der Waals surface area contributed by atoms with Crippen LogP contribution in [0, 0.1) is 0 Å².